The number of rotatable bonds is 9. The summed E-state index contributed by atoms with van der Waals surface area (Å²) < 4.78 is 0. The van der Waals surface area contributed by atoms with Crippen LogP contribution in [0.1, 0.15) is 64.7 Å². The second kappa shape index (κ2) is 9.69. The Hall–Kier alpha value is -0.860. The Bertz CT molecular complexity index is 172. The molecule has 0 aliphatic heterocycles. The van der Waals surface area contributed by atoms with Crippen LogP contribution in [-0.2, 0) is 0 Å². The summed E-state index contributed by atoms with van der Waals surface area (Å²) in [5.41, 5.74) is 17.0. The first-order valence-electron chi connectivity index (χ1n) is 6.18. The van der Waals surface area contributed by atoms with Crippen molar-refractivity contribution in [1.29, 1.82) is 0 Å². The van der Waals surface area contributed by atoms with Crippen molar-refractivity contribution < 1.29 is 0 Å². The molecular weight excluding hydrogens is 186 g/mol. The maximum Gasteiger partial charge on any atom is 0.113 e. The first-order valence-corrected chi connectivity index (χ1v) is 6.18. The van der Waals surface area contributed by atoms with Crippen LogP contribution < -0.4 is 17.2 Å². The predicted octanol–water partition coefficient (Wildman–Crippen LogP) is 2.56. The summed E-state index contributed by atoms with van der Waals surface area (Å²) in [7, 11) is 0. The lowest BCUT2D eigenvalue weighted by Gasteiger charge is -2.03. The van der Waals surface area contributed by atoms with Crippen molar-refractivity contribution in [3.05, 3.63) is 11.5 Å². The summed E-state index contributed by atoms with van der Waals surface area (Å²) in [5, 5.41) is 0. The summed E-state index contributed by atoms with van der Waals surface area (Å²) in [4.78, 5) is 0. The average Bonchev–Trinajstić information content (AvgIpc) is 2.21. The molecule has 90 valence electrons. The fourth-order valence-electron chi connectivity index (χ4n) is 1.59. The van der Waals surface area contributed by atoms with Crippen molar-refractivity contribution in [3.63, 3.8) is 0 Å². The lowest BCUT2D eigenvalue weighted by molar-refractivity contribution is 0.573. The minimum Gasteiger partial charge on any atom is -0.399 e. The average molecular weight is 213 g/mol. The molecule has 0 aliphatic carbocycles. The fraction of sp³-hybridized carbons (Fsp3) is 0.833. The molecule has 0 radical (unpaired) electrons. The number of hydrogen-bond acceptors (Lipinski definition) is 3. The van der Waals surface area contributed by atoms with Gasteiger partial charge in [0.15, 0.2) is 0 Å². The molecule has 0 aromatic carbocycles. The summed E-state index contributed by atoms with van der Waals surface area (Å²) >= 11 is 0. The van der Waals surface area contributed by atoms with Gasteiger partial charge in [0.2, 0.25) is 0 Å². The van der Waals surface area contributed by atoms with Gasteiger partial charge in [0.05, 0.1) is 0 Å². The molecule has 0 fully saturated rings. The Labute approximate surface area is 94.1 Å². The van der Waals surface area contributed by atoms with Gasteiger partial charge in [-0.15, -0.1) is 0 Å². The van der Waals surface area contributed by atoms with Crippen LogP contribution >= 0.6 is 0 Å². The molecule has 0 aromatic heterocycles. The highest BCUT2D eigenvalue weighted by Crippen LogP contribution is 2.10. The molecule has 0 unspecified atom stereocenters. The van der Waals surface area contributed by atoms with Gasteiger partial charge >= 0.3 is 0 Å². The quantitative estimate of drug-likeness (QED) is 0.515. The summed E-state index contributed by atoms with van der Waals surface area (Å²) in [6.07, 6.45) is 11.3. The van der Waals surface area contributed by atoms with Gasteiger partial charge in [-0.2, -0.15) is 0 Å². The lowest BCUT2D eigenvalue weighted by Crippen LogP contribution is -2.16. The molecule has 3 nitrogen and oxygen atoms in total. The van der Waals surface area contributed by atoms with Crippen LogP contribution in [0.3, 0.4) is 0 Å². The zero-order valence-electron chi connectivity index (χ0n) is 10.1. The van der Waals surface area contributed by atoms with E-state index in [4.69, 9.17) is 17.2 Å². The van der Waals surface area contributed by atoms with Gasteiger partial charge in [-0.05, 0) is 12.8 Å². The van der Waals surface area contributed by atoms with E-state index in [9.17, 15) is 0 Å². The minimum atomic E-state index is 0.290. The monoisotopic (exact) mass is 213 g/mol. The van der Waals surface area contributed by atoms with Gasteiger partial charge in [0.1, 0.15) is 5.82 Å². The highest BCUT2D eigenvalue weighted by Gasteiger charge is 1.95. The minimum absolute atomic E-state index is 0.290. The number of unbranched alkanes of at least 4 members (excludes halogenated alkanes) is 7. The number of nitrogens with two attached hydrogens (primary N) is 3. The van der Waals surface area contributed by atoms with Crippen LogP contribution in [0.2, 0.25) is 0 Å². The topological polar surface area (TPSA) is 78.1 Å². The first kappa shape index (κ1) is 14.1. The maximum absolute atomic E-state index is 5.63. The third-order valence-corrected chi connectivity index (χ3v) is 2.67. The van der Waals surface area contributed by atoms with Crippen LogP contribution in [0.5, 0.6) is 0 Å². The largest absolute Gasteiger partial charge is 0.399 e. The fourth-order valence-corrected chi connectivity index (χ4v) is 1.59. The Morgan fingerprint density at radius 1 is 0.733 bits per heavy atom. The van der Waals surface area contributed by atoms with E-state index in [2.05, 4.69) is 6.92 Å². The van der Waals surface area contributed by atoms with Crippen LogP contribution in [0.25, 0.3) is 0 Å². The Kier molecular flexibility index (Phi) is 9.13. The molecule has 0 spiro atoms. The van der Waals surface area contributed by atoms with Crippen molar-refractivity contribution in [1.82, 2.24) is 0 Å². The smallest absolute Gasteiger partial charge is 0.113 e. The molecule has 0 heterocycles. The lowest BCUT2D eigenvalue weighted by atomic mass is 10.1. The summed E-state index contributed by atoms with van der Waals surface area (Å²) in [5.74, 6) is 0.290. The molecule has 0 aliphatic rings. The van der Waals surface area contributed by atoms with E-state index in [0.29, 0.717) is 5.70 Å². The van der Waals surface area contributed by atoms with Gasteiger partial charge in [-0.25, -0.2) is 0 Å². The van der Waals surface area contributed by atoms with E-state index in [1.54, 1.807) is 0 Å². The highest BCUT2D eigenvalue weighted by atomic mass is 14.8. The van der Waals surface area contributed by atoms with Gasteiger partial charge in [0, 0.05) is 5.70 Å². The van der Waals surface area contributed by atoms with Crippen molar-refractivity contribution in [2.24, 2.45) is 17.2 Å². The standard InChI is InChI=1S/C12H27N3/c1-2-3-4-5-6-7-8-9-10-11(13)12(14)15/h2-10,13-15H2,1H3. The molecule has 0 saturated heterocycles. The van der Waals surface area contributed by atoms with Crippen LogP contribution in [0.15, 0.2) is 11.5 Å². The van der Waals surface area contributed by atoms with Crippen molar-refractivity contribution >= 4 is 0 Å². The van der Waals surface area contributed by atoms with Crippen LogP contribution in [0, 0.1) is 0 Å². The zero-order chi connectivity index (χ0) is 11.5. The SMILES string of the molecule is CCCCCCCCCCC(N)=C(N)N. The third-order valence-electron chi connectivity index (χ3n) is 2.67. The Morgan fingerprint density at radius 2 is 1.20 bits per heavy atom. The zero-order valence-corrected chi connectivity index (χ0v) is 10.1. The Morgan fingerprint density at radius 3 is 1.67 bits per heavy atom. The molecule has 0 saturated carbocycles. The van der Waals surface area contributed by atoms with Crippen molar-refractivity contribution in [3.8, 4) is 0 Å². The first-order chi connectivity index (χ1) is 7.18. The second-order valence-electron chi connectivity index (χ2n) is 4.21. The van der Waals surface area contributed by atoms with E-state index >= 15 is 0 Å². The van der Waals surface area contributed by atoms with E-state index in [0.717, 1.165) is 12.8 Å². The molecule has 0 amide bonds. The molecule has 3 heteroatoms. The predicted molar refractivity (Wildman–Crippen MR) is 66.8 cm³/mol. The number of allylic oxidation sites excluding steroid dienone is 1. The third kappa shape index (κ3) is 9.44. The molecule has 0 bridgehead atoms. The van der Waals surface area contributed by atoms with Crippen molar-refractivity contribution in [2.45, 2.75) is 64.7 Å². The van der Waals surface area contributed by atoms with E-state index < -0.39 is 0 Å². The van der Waals surface area contributed by atoms with Gasteiger partial charge in [-0.3, -0.25) is 0 Å². The number of hydrogen-bond donors (Lipinski definition) is 3. The van der Waals surface area contributed by atoms with Gasteiger partial charge in [0.25, 0.3) is 0 Å². The van der Waals surface area contributed by atoms with Crippen LogP contribution in [-0.4, -0.2) is 0 Å². The van der Waals surface area contributed by atoms with E-state index in [1.165, 1.54) is 44.9 Å². The van der Waals surface area contributed by atoms with Gasteiger partial charge < -0.3 is 17.2 Å². The molecule has 6 N–H and O–H groups in total. The molecule has 0 atom stereocenters. The molecular formula is C12H27N3. The normalized spacial score (nSPS) is 10.2. The molecule has 0 rings (SSSR count). The second-order valence-corrected chi connectivity index (χ2v) is 4.21. The molecule has 15 heavy (non-hydrogen) atoms. The summed E-state index contributed by atoms with van der Waals surface area (Å²) in [6.45, 7) is 2.24. The van der Waals surface area contributed by atoms with Crippen LogP contribution in [0.4, 0.5) is 0 Å². The van der Waals surface area contributed by atoms with E-state index in [1.807, 2.05) is 0 Å². The van der Waals surface area contributed by atoms with Gasteiger partial charge in [-0.1, -0.05) is 51.9 Å². The highest BCUT2D eigenvalue weighted by molar-refractivity contribution is 5.02. The summed E-state index contributed by atoms with van der Waals surface area (Å²) in [6, 6.07) is 0. The molecule has 0 aromatic rings. The van der Waals surface area contributed by atoms with E-state index in [-0.39, 0.29) is 5.82 Å². The maximum atomic E-state index is 5.63. The van der Waals surface area contributed by atoms with Crippen molar-refractivity contribution in [2.75, 3.05) is 0 Å². The Balaban J connectivity index is 3.15.